The summed E-state index contributed by atoms with van der Waals surface area (Å²) >= 11 is 0. The second kappa shape index (κ2) is 9.34. The molecule has 0 aromatic heterocycles. The fourth-order valence-electron chi connectivity index (χ4n) is 2.43. The van der Waals surface area contributed by atoms with Crippen LogP contribution in [0.5, 0.6) is 11.5 Å². The summed E-state index contributed by atoms with van der Waals surface area (Å²) in [5.41, 5.74) is 3.85. The Morgan fingerprint density at radius 2 is 1.64 bits per heavy atom. The SMILES string of the molecule is COc1cccc(CNCCc2ccccc2C)c1OC.Cl. The number of benzene rings is 2. The molecule has 0 unspecified atom stereocenters. The van der Waals surface area contributed by atoms with E-state index < -0.39 is 0 Å². The van der Waals surface area contributed by atoms with Crippen LogP contribution in [-0.2, 0) is 13.0 Å². The van der Waals surface area contributed by atoms with Gasteiger partial charge >= 0.3 is 0 Å². The van der Waals surface area contributed by atoms with Crippen LogP contribution < -0.4 is 14.8 Å². The average Bonchev–Trinajstić information content (AvgIpc) is 2.52. The molecule has 0 amide bonds. The lowest BCUT2D eigenvalue weighted by molar-refractivity contribution is 0.350. The Balaban J connectivity index is 0.00000242. The van der Waals surface area contributed by atoms with E-state index in [1.165, 1.54) is 11.1 Å². The number of halogens is 1. The van der Waals surface area contributed by atoms with Gasteiger partial charge in [-0.2, -0.15) is 0 Å². The fourth-order valence-corrected chi connectivity index (χ4v) is 2.43. The first-order chi connectivity index (χ1) is 10.3. The third-order valence-electron chi connectivity index (χ3n) is 3.63. The highest BCUT2D eigenvalue weighted by molar-refractivity contribution is 5.85. The molecule has 0 atom stereocenters. The zero-order chi connectivity index (χ0) is 15.1. The van der Waals surface area contributed by atoms with Gasteiger partial charge in [0.25, 0.3) is 0 Å². The van der Waals surface area contributed by atoms with E-state index in [0.29, 0.717) is 0 Å². The number of aryl methyl sites for hydroxylation is 1. The van der Waals surface area contributed by atoms with Gasteiger partial charge in [-0.25, -0.2) is 0 Å². The molecule has 0 saturated heterocycles. The molecule has 22 heavy (non-hydrogen) atoms. The van der Waals surface area contributed by atoms with E-state index in [0.717, 1.165) is 36.6 Å². The van der Waals surface area contributed by atoms with E-state index >= 15 is 0 Å². The Kier molecular flexibility index (Phi) is 7.78. The number of methoxy groups -OCH3 is 2. The number of hydrogen-bond acceptors (Lipinski definition) is 3. The van der Waals surface area contributed by atoms with Gasteiger partial charge < -0.3 is 14.8 Å². The summed E-state index contributed by atoms with van der Waals surface area (Å²) in [6, 6.07) is 14.5. The number of nitrogens with one attached hydrogen (secondary N) is 1. The molecule has 0 radical (unpaired) electrons. The molecule has 0 aliphatic heterocycles. The molecule has 0 spiro atoms. The maximum absolute atomic E-state index is 5.44. The van der Waals surface area contributed by atoms with Gasteiger partial charge in [-0.3, -0.25) is 0 Å². The predicted molar refractivity (Wildman–Crippen MR) is 93.4 cm³/mol. The maximum Gasteiger partial charge on any atom is 0.165 e. The minimum atomic E-state index is 0. The minimum absolute atomic E-state index is 0. The highest BCUT2D eigenvalue weighted by atomic mass is 35.5. The summed E-state index contributed by atoms with van der Waals surface area (Å²) in [6.45, 7) is 3.86. The summed E-state index contributed by atoms with van der Waals surface area (Å²) in [6.07, 6.45) is 1.03. The van der Waals surface area contributed by atoms with Crippen LogP contribution in [0.3, 0.4) is 0 Å². The van der Waals surface area contributed by atoms with Crippen LogP contribution in [0, 0.1) is 6.92 Å². The Hall–Kier alpha value is -1.71. The van der Waals surface area contributed by atoms with Crippen molar-refractivity contribution in [2.45, 2.75) is 19.9 Å². The number of ether oxygens (including phenoxy) is 2. The molecule has 0 saturated carbocycles. The molecule has 0 aliphatic carbocycles. The van der Waals surface area contributed by atoms with Gasteiger partial charge in [-0.1, -0.05) is 36.4 Å². The van der Waals surface area contributed by atoms with Gasteiger partial charge in [0, 0.05) is 12.1 Å². The first kappa shape index (κ1) is 18.3. The number of rotatable bonds is 7. The van der Waals surface area contributed by atoms with Crippen LogP contribution in [0.2, 0.25) is 0 Å². The molecule has 120 valence electrons. The lowest BCUT2D eigenvalue weighted by Gasteiger charge is -2.13. The summed E-state index contributed by atoms with van der Waals surface area (Å²) < 4.78 is 10.8. The first-order valence-corrected chi connectivity index (χ1v) is 7.21. The molecule has 0 heterocycles. The fraction of sp³-hybridized carbons (Fsp3) is 0.333. The maximum atomic E-state index is 5.44. The van der Waals surface area contributed by atoms with Crippen molar-refractivity contribution in [3.8, 4) is 11.5 Å². The highest BCUT2D eigenvalue weighted by Crippen LogP contribution is 2.30. The molecule has 1 N–H and O–H groups in total. The van der Waals surface area contributed by atoms with Crippen molar-refractivity contribution in [1.29, 1.82) is 0 Å². The van der Waals surface area contributed by atoms with Crippen LogP contribution >= 0.6 is 12.4 Å². The van der Waals surface area contributed by atoms with Crippen molar-refractivity contribution in [2.75, 3.05) is 20.8 Å². The molecule has 3 nitrogen and oxygen atoms in total. The summed E-state index contributed by atoms with van der Waals surface area (Å²) in [5, 5.41) is 3.47. The quantitative estimate of drug-likeness (QED) is 0.788. The average molecular weight is 322 g/mol. The Morgan fingerprint density at radius 3 is 2.32 bits per heavy atom. The normalized spacial score (nSPS) is 9.95. The molecular formula is C18H24ClNO2. The number of para-hydroxylation sites is 1. The van der Waals surface area contributed by atoms with Gasteiger partial charge in [0.2, 0.25) is 0 Å². The topological polar surface area (TPSA) is 30.5 Å². The van der Waals surface area contributed by atoms with E-state index in [2.05, 4.69) is 42.6 Å². The standard InChI is InChI=1S/C18H23NO2.ClH/c1-14-7-4-5-8-15(14)11-12-19-13-16-9-6-10-17(20-2)18(16)21-3;/h4-10,19H,11-13H2,1-3H3;1H. The Morgan fingerprint density at radius 1 is 0.909 bits per heavy atom. The molecule has 2 aromatic carbocycles. The van der Waals surface area contributed by atoms with Crippen molar-refractivity contribution < 1.29 is 9.47 Å². The van der Waals surface area contributed by atoms with E-state index in [-0.39, 0.29) is 12.4 Å². The zero-order valence-electron chi connectivity index (χ0n) is 13.4. The smallest absolute Gasteiger partial charge is 0.165 e. The highest BCUT2D eigenvalue weighted by Gasteiger charge is 2.08. The van der Waals surface area contributed by atoms with E-state index in [9.17, 15) is 0 Å². The summed E-state index contributed by atoms with van der Waals surface area (Å²) in [4.78, 5) is 0. The van der Waals surface area contributed by atoms with Crippen molar-refractivity contribution in [2.24, 2.45) is 0 Å². The lowest BCUT2D eigenvalue weighted by atomic mass is 10.1. The van der Waals surface area contributed by atoms with Gasteiger partial charge in [0.15, 0.2) is 11.5 Å². The minimum Gasteiger partial charge on any atom is -0.493 e. The second-order valence-electron chi connectivity index (χ2n) is 5.01. The molecule has 0 bridgehead atoms. The van der Waals surface area contributed by atoms with E-state index in [1.807, 2.05) is 12.1 Å². The van der Waals surface area contributed by atoms with Crippen molar-refractivity contribution in [1.82, 2.24) is 5.32 Å². The van der Waals surface area contributed by atoms with Crippen LogP contribution in [0.4, 0.5) is 0 Å². The summed E-state index contributed by atoms with van der Waals surface area (Å²) in [5.74, 6) is 1.58. The van der Waals surface area contributed by atoms with Crippen LogP contribution in [-0.4, -0.2) is 20.8 Å². The van der Waals surface area contributed by atoms with E-state index in [4.69, 9.17) is 9.47 Å². The molecule has 2 rings (SSSR count). The van der Waals surface area contributed by atoms with Crippen LogP contribution in [0.15, 0.2) is 42.5 Å². The number of hydrogen-bond donors (Lipinski definition) is 1. The zero-order valence-corrected chi connectivity index (χ0v) is 14.2. The van der Waals surface area contributed by atoms with Crippen LogP contribution in [0.25, 0.3) is 0 Å². The Labute approximate surface area is 139 Å². The molecule has 0 fully saturated rings. The third kappa shape index (κ3) is 4.65. The first-order valence-electron chi connectivity index (χ1n) is 7.21. The largest absolute Gasteiger partial charge is 0.493 e. The van der Waals surface area contributed by atoms with Crippen LogP contribution in [0.1, 0.15) is 16.7 Å². The van der Waals surface area contributed by atoms with Crippen molar-refractivity contribution in [3.05, 3.63) is 59.2 Å². The van der Waals surface area contributed by atoms with Gasteiger partial charge in [0.05, 0.1) is 14.2 Å². The van der Waals surface area contributed by atoms with Gasteiger partial charge in [0.1, 0.15) is 0 Å². The molecular weight excluding hydrogens is 298 g/mol. The van der Waals surface area contributed by atoms with Crippen molar-refractivity contribution in [3.63, 3.8) is 0 Å². The van der Waals surface area contributed by atoms with Gasteiger partial charge in [-0.15, -0.1) is 12.4 Å². The molecule has 4 heteroatoms. The van der Waals surface area contributed by atoms with Gasteiger partial charge in [-0.05, 0) is 37.1 Å². The summed E-state index contributed by atoms with van der Waals surface area (Å²) in [7, 11) is 3.34. The monoisotopic (exact) mass is 321 g/mol. The molecule has 2 aromatic rings. The molecule has 0 aliphatic rings. The lowest BCUT2D eigenvalue weighted by Crippen LogP contribution is -2.17. The van der Waals surface area contributed by atoms with Crippen molar-refractivity contribution >= 4 is 12.4 Å². The predicted octanol–water partition coefficient (Wildman–Crippen LogP) is 3.77. The second-order valence-corrected chi connectivity index (χ2v) is 5.01. The van der Waals surface area contributed by atoms with E-state index in [1.54, 1.807) is 14.2 Å². The third-order valence-corrected chi connectivity index (χ3v) is 3.63. The Bertz CT molecular complexity index is 587.